The highest BCUT2D eigenvalue weighted by Gasteiger charge is 2.66. The minimum Gasteiger partial charge on any atom is -0.481 e. The number of ether oxygens (including phenoxy) is 2. The number of rotatable bonds is 3. The first-order valence-corrected chi connectivity index (χ1v) is 4.81. The maximum atomic E-state index is 10.8. The van der Waals surface area contributed by atoms with Crippen molar-refractivity contribution in [3.63, 3.8) is 0 Å². The monoisotopic (exact) mass is 218 g/mol. The van der Waals surface area contributed by atoms with Gasteiger partial charge in [0.2, 0.25) is 0 Å². The number of fused-ring (bicyclic) bond motifs is 1. The molecule has 2 fully saturated rings. The summed E-state index contributed by atoms with van der Waals surface area (Å²) >= 11 is 0. The second-order valence-electron chi connectivity index (χ2n) is 3.97. The molecule has 2 aliphatic rings. The molecule has 6 nitrogen and oxygen atoms in total. The molecular formula is C9H14O6. The van der Waals surface area contributed by atoms with Gasteiger partial charge in [0.1, 0.15) is 6.10 Å². The number of carbonyl (C=O) groups is 1. The summed E-state index contributed by atoms with van der Waals surface area (Å²) in [4.78, 5) is 10.8. The molecular weight excluding hydrogens is 204 g/mol. The lowest BCUT2D eigenvalue weighted by Crippen LogP contribution is -2.43. The van der Waals surface area contributed by atoms with Crippen molar-refractivity contribution in [1.29, 1.82) is 0 Å². The van der Waals surface area contributed by atoms with E-state index in [9.17, 15) is 9.90 Å². The van der Waals surface area contributed by atoms with E-state index in [4.69, 9.17) is 19.7 Å². The zero-order chi connectivity index (χ0) is 11.2. The van der Waals surface area contributed by atoms with Crippen LogP contribution in [0.2, 0.25) is 0 Å². The average molecular weight is 218 g/mol. The molecule has 0 radical (unpaired) electrons. The Balaban J connectivity index is 2.13. The first-order valence-electron chi connectivity index (χ1n) is 4.81. The highest BCUT2D eigenvalue weighted by Crippen LogP contribution is 2.55. The van der Waals surface area contributed by atoms with Crippen LogP contribution < -0.4 is 0 Å². The highest BCUT2D eigenvalue weighted by molar-refractivity contribution is 5.74. The predicted molar refractivity (Wildman–Crippen MR) is 46.9 cm³/mol. The van der Waals surface area contributed by atoms with E-state index in [1.807, 2.05) is 0 Å². The smallest absolute Gasteiger partial charge is 0.307 e. The molecule has 6 heteroatoms. The van der Waals surface area contributed by atoms with Crippen molar-refractivity contribution >= 4 is 5.97 Å². The third-order valence-corrected chi connectivity index (χ3v) is 3.23. The van der Waals surface area contributed by atoms with E-state index in [2.05, 4.69) is 0 Å². The first-order chi connectivity index (χ1) is 7.11. The number of carboxylic acid groups (broad SMARTS) is 1. The molecule has 1 aliphatic carbocycles. The second kappa shape index (κ2) is 3.71. The van der Waals surface area contributed by atoms with Crippen LogP contribution in [0.3, 0.4) is 0 Å². The Kier molecular flexibility index (Phi) is 2.68. The van der Waals surface area contributed by atoms with Crippen molar-refractivity contribution < 1.29 is 29.6 Å². The van der Waals surface area contributed by atoms with Gasteiger partial charge in [0.05, 0.1) is 18.6 Å². The predicted octanol–water partition coefficient (Wildman–Crippen LogP) is -1.34. The van der Waals surface area contributed by atoms with E-state index in [1.165, 1.54) is 7.11 Å². The molecule has 0 bridgehead atoms. The molecule has 1 saturated carbocycles. The molecule has 2 rings (SSSR count). The Labute approximate surface area is 86.4 Å². The summed E-state index contributed by atoms with van der Waals surface area (Å²) in [6, 6.07) is 0. The van der Waals surface area contributed by atoms with Crippen LogP contribution in [0.5, 0.6) is 0 Å². The molecule has 1 saturated heterocycles. The van der Waals surface area contributed by atoms with E-state index in [0.29, 0.717) is 0 Å². The Morgan fingerprint density at radius 1 is 1.47 bits per heavy atom. The highest BCUT2D eigenvalue weighted by atomic mass is 16.7. The van der Waals surface area contributed by atoms with Crippen molar-refractivity contribution in [3.05, 3.63) is 0 Å². The van der Waals surface area contributed by atoms with Crippen LogP contribution in [0.1, 0.15) is 0 Å². The number of hydrogen-bond donors (Lipinski definition) is 3. The van der Waals surface area contributed by atoms with Gasteiger partial charge in [-0.1, -0.05) is 0 Å². The number of methoxy groups -OCH3 is 1. The van der Waals surface area contributed by atoms with Crippen molar-refractivity contribution in [1.82, 2.24) is 0 Å². The Morgan fingerprint density at radius 3 is 2.60 bits per heavy atom. The van der Waals surface area contributed by atoms with E-state index >= 15 is 0 Å². The Morgan fingerprint density at radius 2 is 2.13 bits per heavy atom. The van der Waals surface area contributed by atoms with Crippen molar-refractivity contribution in [2.75, 3.05) is 13.7 Å². The fourth-order valence-electron chi connectivity index (χ4n) is 2.43. The number of aliphatic carboxylic acids is 1. The largest absolute Gasteiger partial charge is 0.481 e. The van der Waals surface area contributed by atoms with Gasteiger partial charge in [0.25, 0.3) is 0 Å². The summed E-state index contributed by atoms with van der Waals surface area (Å²) in [5.41, 5.74) is 0. The summed E-state index contributed by atoms with van der Waals surface area (Å²) in [6.07, 6.45) is -2.32. The van der Waals surface area contributed by atoms with Crippen molar-refractivity contribution in [2.45, 2.75) is 18.5 Å². The lowest BCUT2D eigenvalue weighted by molar-refractivity contribution is -0.225. The van der Waals surface area contributed by atoms with Gasteiger partial charge in [0.15, 0.2) is 6.29 Å². The third-order valence-electron chi connectivity index (χ3n) is 3.23. The zero-order valence-electron chi connectivity index (χ0n) is 8.24. The second-order valence-corrected chi connectivity index (χ2v) is 3.97. The molecule has 1 heterocycles. The van der Waals surface area contributed by atoms with Gasteiger partial charge < -0.3 is 24.8 Å². The molecule has 3 N–H and O–H groups in total. The number of aliphatic hydroxyl groups excluding tert-OH is 2. The minimum absolute atomic E-state index is 0.301. The van der Waals surface area contributed by atoms with Crippen LogP contribution in [-0.2, 0) is 14.3 Å². The van der Waals surface area contributed by atoms with Gasteiger partial charge in [-0.2, -0.15) is 0 Å². The molecule has 1 aliphatic heterocycles. The van der Waals surface area contributed by atoms with Gasteiger partial charge in [-0.25, -0.2) is 0 Å². The van der Waals surface area contributed by atoms with Crippen molar-refractivity contribution in [2.24, 2.45) is 17.8 Å². The minimum atomic E-state index is -0.951. The van der Waals surface area contributed by atoms with Crippen molar-refractivity contribution in [3.8, 4) is 0 Å². The molecule has 0 unspecified atom stereocenters. The molecule has 15 heavy (non-hydrogen) atoms. The van der Waals surface area contributed by atoms with Crippen LogP contribution in [0.15, 0.2) is 0 Å². The molecule has 0 aromatic heterocycles. The standard InChI is InChI=1S/C9H14O6/c1-14-9-6-4(5(6)8(12)13)7(11)3(2-10)15-9/h3-7,9-11H,2H2,1H3,(H,12,13)/t3-,4-,5-,6-,7-,9+/m1/s1. The first kappa shape index (κ1) is 10.8. The summed E-state index contributed by atoms with van der Waals surface area (Å²) in [6.45, 7) is -0.337. The van der Waals surface area contributed by atoms with E-state index in [-0.39, 0.29) is 18.4 Å². The van der Waals surface area contributed by atoms with Gasteiger partial charge in [0, 0.05) is 18.9 Å². The number of aliphatic hydroxyl groups is 2. The molecule has 0 amide bonds. The summed E-state index contributed by atoms with van der Waals surface area (Å²) < 4.78 is 10.2. The molecule has 6 atom stereocenters. The maximum Gasteiger partial charge on any atom is 0.307 e. The Hall–Kier alpha value is -0.690. The lowest BCUT2D eigenvalue weighted by Gasteiger charge is -2.31. The summed E-state index contributed by atoms with van der Waals surface area (Å²) in [5, 5.41) is 27.5. The number of carboxylic acids is 1. The summed E-state index contributed by atoms with van der Waals surface area (Å²) in [7, 11) is 1.42. The average Bonchev–Trinajstić information content (AvgIpc) is 2.94. The summed E-state index contributed by atoms with van der Waals surface area (Å²) in [5.74, 6) is -2.24. The molecule has 86 valence electrons. The topological polar surface area (TPSA) is 96.2 Å². The quantitative estimate of drug-likeness (QED) is 0.542. The Bertz CT molecular complexity index is 267. The van der Waals surface area contributed by atoms with Gasteiger partial charge in [-0.05, 0) is 0 Å². The number of hydrogen-bond acceptors (Lipinski definition) is 5. The van der Waals surface area contributed by atoms with E-state index in [0.717, 1.165) is 0 Å². The maximum absolute atomic E-state index is 10.8. The molecule has 0 aromatic rings. The molecule has 0 aromatic carbocycles. The van der Waals surface area contributed by atoms with Crippen LogP contribution >= 0.6 is 0 Å². The molecule has 0 spiro atoms. The van der Waals surface area contributed by atoms with E-state index < -0.39 is 30.4 Å². The van der Waals surface area contributed by atoms with E-state index in [1.54, 1.807) is 0 Å². The fraction of sp³-hybridized carbons (Fsp3) is 0.889. The van der Waals surface area contributed by atoms with Gasteiger partial charge in [-0.3, -0.25) is 4.79 Å². The van der Waals surface area contributed by atoms with Crippen LogP contribution in [0, 0.1) is 17.8 Å². The lowest BCUT2D eigenvalue weighted by atomic mass is 10.0. The third kappa shape index (κ3) is 1.53. The van der Waals surface area contributed by atoms with Gasteiger partial charge in [-0.15, -0.1) is 0 Å². The van der Waals surface area contributed by atoms with Crippen LogP contribution in [-0.4, -0.2) is 53.5 Å². The van der Waals surface area contributed by atoms with Crippen LogP contribution in [0.25, 0.3) is 0 Å². The normalized spacial score (nSPS) is 48.5. The zero-order valence-corrected chi connectivity index (χ0v) is 8.24. The van der Waals surface area contributed by atoms with Crippen LogP contribution in [0.4, 0.5) is 0 Å². The fourth-order valence-corrected chi connectivity index (χ4v) is 2.43. The SMILES string of the molecule is CO[C@H]1O[C@H](CO)[C@@H](O)[C@@H]2[C@@H](C(=O)O)[C@H]12. The van der Waals surface area contributed by atoms with Gasteiger partial charge >= 0.3 is 5.97 Å².